The van der Waals surface area contributed by atoms with Gasteiger partial charge in [-0.2, -0.15) is 0 Å². The minimum atomic E-state index is 0.599. The third-order valence-electron chi connectivity index (χ3n) is 2.84. The summed E-state index contributed by atoms with van der Waals surface area (Å²) in [5, 5.41) is 2.27. The second-order valence-electron chi connectivity index (χ2n) is 4.12. The highest BCUT2D eigenvalue weighted by Gasteiger charge is 2.04. The average Bonchev–Trinajstić information content (AvgIpc) is 2.37. The van der Waals surface area contributed by atoms with Crippen molar-refractivity contribution in [1.29, 1.82) is 0 Å². The van der Waals surface area contributed by atoms with Crippen LogP contribution in [0.1, 0.15) is 5.82 Å². The molecule has 0 aliphatic heterocycles. The molecule has 0 spiro atoms. The van der Waals surface area contributed by atoms with Crippen molar-refractivity contribution in [2.75, 3.05) is 0 Å². The van der Waals surface area contributed by atoms with E-state index < -0.39 is 0 Å². The number of pyridine rings is 1. The van der Waals surface area contributed by atoms with Crippen LogP contribution in [0.5, 0.6) is 0 Å². The van der Waals surface area contributed by atoms with Crippen LogP contribution in [0.15, 0.2) is 42.7 Å². The molecule has 3 rings (SSSR count). The van der Waals surface area contributed by atoms with Crippen LogP contribution < -0.4 is 0 Å². The molecule has 0 aliphatic rings. The van der Waals surface area contributed by atoms with Gasteiger partial charge < -0.3 is 4.98 Å². The quantitative estimate of drug-likeness (QED) is 0.673. The van der Waals surface area contributed by atoms with E-state index in [4.69, 9.17) is 12.2 Å². The van der Waals surface area contributed by atoms with Gasteiger partial charge in [-0.15, -0.1) is 0 Å². The summed E-state index contributed by atoms with van der Waals surface area (Å²) >= 11 is 5.16. The molecule has 3 nitrogen and oxygen atoms in total. The molecule has 4 heteroatoms. The number of H-pyrrole nitrogens is 1. The Morgan fingerprint density at radius 1 is 1.22 bits per heavy atom. The van der Waals surface area contributed by atoms with Gasteiger partial charge in [0, 0.05) is 23.3 Å². The lowest BCUT2D eigenvalue weighted by molar-refractivity contribution is 1.05. The Labute approximate surface area is 110 Å². The predicted octanol–water partition coefficient (Wildman–Crippen LogP) is 3.66. The van der Waals surface area contributed by atoms with Crippen molar-refractivity contribution in [2.45, 2.75) is 6.92 Å². The summed E-state index contributed by atoms with van der Waals surface area (Å²) in [6.45, 7) is 1.91. The van der Waals surface area contributed by atoms with Crippen LogP contribution in [-0.4, -0.2) is 15.0 Å². The molecule has 18 heavy (non-hydrogen) atoms. The molecule has 0 saturated heterocycles. The normalized spacial score (nSPS) is 10.7. The van der Waals surface area contributed by atoms with Gasteiger partial charge in [-0.05, 0) is 24.4 Å². The van der Waals surface area contributed by atoms with Gasteiger partial charge >= 0.3 is 0 Å². The summed E-state index contributed by atoms with van der Waals surface area (Å²) in [6.07, 6.45) is 3.67. The number of rotatable bonds is 1. The van der Waals surface area contributed by atoms with E-state index in [9.17, 15) is 0 Å². The molecule has 0 bridgehead atoms. The van der Waals surface area contributed by atoms with Crippen LogP contribution in [0.2, 0.25) is 0 Å². The maximum absolute atomic E-state index is 5.16. The standard InChI is InChI=1S/C14H11N3S/c1-9-16-13(7-14(18)17-9)11-4-2-3-10-5-6-15-8-12(10)11/h2-8H,1H3,(H,16,17,18). The van der Waals surface area contributed by atoms with Gasteiger partial charge in [-0.3, -0.25) is 4.98 Å². The number of hydrogen-bond acceptors (Lipinski definition) is 3. The smallest absolute Gasteiger partial charge is 0.130 e. The maximum Gasteiger partial charge on any atom is 0.130 e. The highest BCUT2D eigenvalue weighted by Crippen LogP contribution is 2.26. The van der Waals surface area contributed by atoms with E-state index in [0.29, 0.717) is 4.64 Å². The van der Waals surface area contributed by atoms with E-state index in [1.807, 2.05) is 31.3 Å². The van der Waals surface area contributed by atoms with Crippen molar-refractivity contribution in [3.8, 4) is 11.3 Å². The van der Waals surface area contributed by atoms with Gasteiger partial charge in [0.1, 0.15) is 10.5 Å². The summed E-state index contributed by atoms with van der Waals surface area (Å²) in [4.78, 5) is 11.6. The average molecular weight is 253 g/mol. The number of benzene rings is 1. The fourth-order valence-corrected chi connectivity index (χ4v) is 2.33. The summed E-state index contributed by atoms with van der Waals surface area (Å²) in [5.74, 6) is 0.818. The van der Waals surface area contributed by atoms with Crippen LogP contribution in [0.25, 0.3) is 22.0 Å². The number of aryl methyl sites for hydroxylation is 1. The molecule has 88 valence electrons. The Balaban J connectivity index is 2.34. The Morgan fingerprint density at radius 3 is 2.94 bits per heavy atom. The molecular weight excluding hydrogens is 242 g/mol. The molecule has 2 aromatic heterocycles. The van der Waals surface area contributed by atoms with Crippen LogP contribution in [-0.2, 0) is 0 Å². The van der Waals surface area contributed by atoms with Crippen LogP contribution in [0.4, 0.5) is 0 Å². The lowest BCUT2D eigenvalue weighted by Crippen LogP contribution is -1.92. The van der Waals surface area contributed by atoms with E-state index in [1.165, 1.54) is 0 Å². The number of aromatic nitrogens is 3. The number of nitrogens with one attached hydrogen (secondary N) is 1. The highest BCUT2D eigenvalue weighted by atomic mass is 32.1. The minimum absolute atomic E-state index is 0.599. The molecule has 1 aromatic carbocycles. The van der Waals surface area contributed by atoms with Gasteiger partial charge in [0.15, 0.2) is 0 Å². The molecule has 2 heterocycles. The Morgan fingerprint density at radius 2 is 2.11 bits per heavy atom. The Kier molecular flexibility index (Phi) is 2.64. The van der Waals surface area contributed by atoms with Crippen molar-refractivity contribution >= 4 is 23.0 Å². The summed E-state index contributed by atoms with van der Waals surface area (Å²) in [5.41, 5.74) is 2.07. The lowest BCUT2D eigenvalue weighted by Gasteiger charge is -2.07. The van der Waals surface area contributed by atoms with Gasteiger partial charge in [-0.25, -0.2) is 4.98 Å². The van der Waals surface area contributed by atoms with Crippen LogP contribution >= 0.6 is 12.2 Å². The van der Waals surface area contributed by atoms with E-state index in [1.54, 1.807) is 6.20 Å². The first-order valence-corrected chi connectivity index (χ1v) is 6.06. The molecule has 0 atom stereocenters. The first-order chi connectivity index (χ1) is 8.74. The molecule has 1 N–H and O–H groups in total. The van der Waals surface area contributed by atoms with E-state index >= 15 is 0 Å². The zero-order valence-electron chi connectivity index (χ0n) is 9.84. The van der Waals surface area contributed by atoms with E-state index in [0.717, 1.165) is 27.9 Å². The van der Waals surface area contributed by atoms with Gasteiger partial charge in [-0.1, -0.05) is 30.4 Å². The fourth-order valence-electron chi connectivity index (χ4n) is 2.07. The molecule has 0 saturated carbocycles. The molecule has 0 unspecified atom stereocenters. The highest BCUT2D eigenvalue weighted by molar-refractivity contribution is 7.71. The topological polar surface area (TPSA) is 41.6 Å². The van der Waals surface area contributed by atoms with E-state index in [-0.39, 0.29) is 0 Å². The predicted molar refractivity (Wildman–Crippen MR) is 74.9 cm³/mol. The Bertz CT molecular complexity index is 772. The number of aromatic amines is 1. The minimum Gasteiger partial charge on any atom is -0.343 e. The van der Waals surface area contributed by atoms with Crippen molar-refractivity contribution in [1.82, 2.24) is 15.0 Å². The molecule has 3 aromatic rings. The van der Waals surface area contributed by atoms with Gasteiger partial charge in [0.2, 0.25) is 0 Å². The number of nitrogens with zero attached hydrogens (tertiary/aromatic N) is 2. The SMILES string of the molecule is Cc1nc(=S)cc(-c2cccc3ccncc23)[nH]1. The largest absolute Gasteiger partial charge is 0.343 e. The van der Waals surface area contributed by atoms with Gasteiger partial charge in [0.05, 0.1) is 5.69 Å². The number of hydrogen-bond donors (Lipinski definition) is 1. The summed E-state index contributed by atoms with van der Waals surface area (Å²) < 4.78 is 0.599. The third-order valence-corrected chi connectivity index (χ3v) is 3.04. The molecule has 0 aliphatic carbocycles. The third kappa shape index (κ3) is 1.91. The maximum atomic E-state index is 5.16. The second kappa shape index (κ2) is 4.31. The van der Waals surface area contributed by atoms with Crippen LogP contribution in [0.3, 0.4) is 0 Å². The molecule has 0 fully saturated rings. The van der Waals surface area contributed by atoms with Crippen molar-refractivity contribution < 1.29 is 0 Å². The second-order valence-corrected chi connectivity index (χ2v) is 4.54. The molecule has 0 radical (unpaired) electrons. The zero-order valence-corrected chi connectivity index (χ0v) is 10.7. The van der Waals surface area contributed by atoms with Gasteiger partial charge in [0.25, 0.3) is 0 Å². The monoisotopic (exact) mass is 253 g/mol. The molecular formula is C14H11N3S. The van der Waals surface area contributed by atoms with E-state index in [2.05, 4.69) is 27.1 Å². The number of fused-ring (bicyclic) bond motifs is 1. The van der Waals surface area contributed by atoms with Crippen molar-refractivity contribution in [3.05, 3.63) is 53.2 Å². The first-order valence-electron chi connectivity index (χ1n) is 5.65. The summed E-state index contributed by atoms with van der Waals surface area (Å²) in [6, 6.07) is 10.0. The summed E-state index contributed by atoms with van der Waals surface area (Å²) in [7, 11) is 0. The van der Waals surface area contributed by atoms with Crippen LogP contribution in [0, 0.1) is 11.6 Å². The van der Waals surface area contributed by atoms with Crippen molar-refractivity contribution in [3.63, 3.8) is 0 Å². The first kappa shape index (κ1) is 11.0. The lowest BCUT2D eigenvalue weighted by atomic mass is 10.0. The zero-order chi connectivity index (χ0) is 12.5. The van der Waals surface area contributed by atoms with Crippen molar-refractivity contribution in [2.24, 2.45) is 0 Å². The molecule has 0 amide bonds. The fraction of sp³-hybridized carbons (Fsp3) is 0.0714. The Hall–Kier alpha value is -2.07.